The normalized spacial score (nSPS) is 13.4. The zero-order valence-electron chi connectivity index (χ0n) is 18.1. The van der Waals surface area contributed by atoms with Gasteiger partial charge < -0.3 is 14.5 Å². The van der Waals surface area contributed by atoms with Crippen molar-refractivity contribution in [3.8, 4) is 0 Å². The summed E-state index contributed by atoms with van der Waals surface area (Å²) in [6, 6.07) is 8.84. The van der Waals surface area contributed by atoms with Crippen molar-refractivity contribution in [2.75, 3.05) is 13.7 Å². The predicted molar refractivity (Wildman–Crippen MR) is 116 cm³/mol. The summed E-state index contributed by atoms with van der Waals surface area (Å²) in [6.07, 6.45) is 5.31. The van der Waals surface area contributed by atoms with Crippen LogP contribution in [0.5, 0.6) is 0 Å². The first-order valence-electron chi connectivity index (χ1n) is 9.79. The predicted octanol–water partition coefficient (Wildman–Crippen LogP) is 4.25. The largest absolute Gasteiger partial charge is 0.467 e. The Balaban J connectivity index is 2.44. The first kappa shape index (κ1) is 24.1. The van der Waals surface area contributed by atoms with Crippen molar-refractivity contribution in [2.45, 2.75) is 64.2 Å². The van der Waals surface area contributed by atoms with Crippen LogP contribution in [0.25, 0.3) is 0 Å². The highest BCUT2D eigenvalue weighted by atomic mass is 28.4. The third-order valence-electron chi connectivity index (χ3n) is 5.14. The zero-order valence-corrected chi connectivity index (χ0v) is 19.1. The second kappa shape index (κ2) is 11.2. The Kier molecular flexibility index (Phi) is 9.62. The summed E-state index contributed by atoms with van der Waals surface area (Å²) in [4.78, 5) is 24.1. The quantitative estimate of drug-likeness (QED) is 0.274. The van der Waals surface area contributed by atoms with Crippen molar-refractivity contribution in [3.63, 3.8) is 0 Å². The number of rotatable bonds is 10. The van der Waals surface area contributed by atoms with E-state index in [2.05, 4.69) is 39.2 Å². The second-order valence-corrected chi connectivity index (χ2v) is 13.2. The summed E-state index contributed by atoms with van der Waals surface area (Å²) in [5.41, 5.74) is 0.963. The van der Waals surface area contributed by atoms with E-state index in [1.807, 2.05) is 36.4 Å². The minimum absolute atomic E-state index is 0.199. The third kappa shape index (κ3) is 8.40. The van der Waals surface area contributed by atoms with E-state index in [1.165, 1.54) is 13.2 Å². The van der Waals surface area contributed by atoms with Crippen LogP contribution < -0.4 is 5.32 Å². The molecule has 0 fully saturated rings. The Morgan fingerprint density at radius 1 is 1.18 bits per heavy atom. The minimum Gasteiger partial charge on any atom is -0.467 e. The summed E-state index contributed by atoms with van der Waals surface area (Å²) in [7, 11) is -0.393. The van der Waals surface area contributed by atoms with Gasteiger partial charge in [-0.2, -0.15) is 0 Å². The van der Waals surface area contributed by atoms with Gasteiger partial charge in [-0.25, -0.2) is 4.79 Å². The van der Waals surface area contributed by atoms with E-state index in [4.69, 9.17) is 9.16 Å². The summed E-state index contributed by atoms with van der Waals surface area (Å²) >= 11 is 0. The van der Waals surface area contributed by atoms with Crippen molar-refractivity contribution in [1.82, 2.24) is 5.32 Å². The van der Waals surface area contributed by atoms with Gasteiger partial charge in [-0.3, -0.25) is 4.79 Å². The molecule has 156 valence electrons. The maximum atomic E-state index is 12.2. The Bertz CT molecular complexity index is 650. The molecule has 0 radical (unpaired) electrons. The first-order chi connectivity index (χ1) is 13.1. The number of hydrogen-bond donors (Lipinski definition) is 1. The van der Waals surface area contributed by atoms with Crippen LogP contribution in [0, 0.1) is 0 Å². The molecule has 1 rings (SSSR count). The summed E-state index contributed by atoms with van der Waals surface area (Å²) < 4.78 is 10.9. The summed E-state index contributed by atoms with van der Waals surface area (Å²) in [5, 5.41) is 2.93. The van der Waals surface area contributed by atoms with Gasteiger partial charge in [0.25, 0.3) is 0 Å². The zero-order chi connectivity index (χ0) is 21.2. The Morgan fingerprint density at radius 2 is 1.82 bits per heavy atom. The number of hydrogen-bond acceptors (Lipinski definition) is 4. The van der Waals surface area contributed by atoms with Gasteiger partial charge in [-0.05, 0) is 42.6 Å². The van der Waals surface area contributed by atoms with Crippen LogP contribution in [0.1, 0.15) is 39.2 Å². The molecule has 0 spiro atoms. The van der Waals surface area contributed by atoms with E-state index in [-0.39, 0.29) is 10.9 Å². The SMILES string of the molecule is COC(=O)[C@@H](Cc1ccccc1)NC(=O)/C=C\CCCO[Si](C)(C)C(C)(C)C. The molecule has 0 heterocycles. The Morgan fingerprint density at radius 3 is 2.39 bits per heavy atom. The highest BCUT2D eigenvalue weighted by Gasteiger charge is 2.36. The minimum atomic E-state index is -1.72. The second-order valence-electron chi connectivity index (χ2n) is 8.43. The maximum Gasteiger partial charge on any atom is 0.328 e. The molecule has 0 unspecified atom stereocenters. The molecule has 28 heavy (non-hydrogen) atoms. The molecule has 0 aromatic heterocycles. The number of allylic oxidation sites excluding steroid dienone is 1. The van der Waals surface area contributed by atoms with E-state index < -0.39 is 20.3 Å². The number of benzene rings is 1. The van der Waals surface area contributed by atoms with Crippen LogP contribution in [0.15, 0.2) is 42.5 Å². The molecule has 0 bridgehead atoms. The van der Waals surface area contributed by atoms with E-state index >= 15 is 0 Å². The maximum absolute atomic E-state index is 12.2. The van der Waals surface area contributed by atoms with E-state index in [9.17, 15) is 9.59 Å². The highest BCUT2D eigenvalue weighted by molar-refractivity contribution is 6.74. The summed E-state index contributed by atoms with van der Waals surface area (Å²) in [5.74, 6) is -0.745. The van der Waals surface area contributed by atoms with Crippen LogP contribution in [0.2, 0.25) is 18.1 Å². The molecule has 1 atom stereocenters. The molecule has 6 heteroatoms. The summed E-state index contributed by atoms with van der Waals surface area (Å²) in [6.45, 7) is 11.8. The fourth-order valence-corrected chi connectivity index (χ4v) is 3.43. The lowest BCUT2D eigenvalue weighted by molar-refractivity contribution is -0.144. The van der Waals surface area contributed by atoms with E-state index in [0.717, 1.165) is 18.4 Å². The van der Waals surface area contributed by atoms with Gasteiger partial charge >= 0.3 is 5.97 Å². The highest BCUT2D eigenvalue weighted by Crippen LogP contribution is 2.36. The molecule has 5 nitrogen and oxygen atoms in total. The molecule has 1 aromatic rings. The number of carbonyl (C=O) groups is 2. The van der Waals surface area contributed by atoms with Crippen molar-refractivity contribution in [2.24, 2.45) is 0 Å². The fourth-order valence-electron chi connectivity index (χ4n) is 2.34. The lowest BCUT2D eigenvalue weighted by Gasteiger charge is -2.36. The van der Waals surface area contributed by atoms with Gasteiger partial charge in [-0.1, -0.05) is 57.2 Å². The first-order valence-corrected chi connectivity index (χ1v) is 12.7. The number of carbonyl (C=O) groups excluding carboxylic acids is 2. The molecule has 0 aliphatic heterocycles. The number of methoxy groups -OCH3 is 1. The van der Waals surface area contributed by atoms with Crippen LogP contribution in [0.3, 0.4) is 0 Å². The molecule has 0 saturated carbocycles. The molecular weight excluding hydrogens is 370 g/mol. The molecule has 1 aromatic carbocycles. The Hall–Kier alpha value is -1.92. The van der Waals surface area contributed by atoms with Crippen LogP contribution in [-0.4, -0.2) is 40.0 Å². The lowest BCUT2D eigenvalue weighted by atomic mass is 10.1. The van der Waals surface area contributed by atoms with Gasteiger partial charge in [-0.15, -0.1) is 0 Å². The van der Waals surface area contributed by atoms with Crippen LogP contribution in [-0.2, 0) is 25.2 Å². The van der Waals surface area contributed by atoms with E-state index in [1.54, 1.807) is 0 Å². The molecule has 0 aliphatic rings. The average molecular weight is 406 g/mol. The number of nitrogens with one attached hydrogen (secondary N) is 1. The molecule has 1 amide bonds. The van der Waals surface area contributed by atoms with Gasteiger partial charge in [0.15, 0.2) is 8.32 Å². The third-order valence-corrected chi connectivity index (χ3v) is 9.68. The van der Waals surface area contributed by atoms with Crippen LogP contribution >= 0.6 is 0 Å². The van der Waals surface area contributed by atoms with Gasteiger partial charge in [0.2, 0.25) is 5.91 Å². The molecule has 0 saturated heterocycles. The number of unbranched alkanes of at least 4 members (excludes halogenated alkanes) is 1. The van der Waals surface area contributed by atoms with Crippen molar-refractivity contribution < 1.29 is 18.8 Å². The van der Waals surface area contributed by atoms with Gasteiger partial charge in [0.1, 0.15) is 6.04 Å². The number of ether oxygens (including phenoxy) is 1. The number of esters is 1. The smallest absolute Gasteiger partial charge is 0.328 e. The Labute approximate surface area is 170 Å². The molecule has 1 N–H and O–H groups in total. The standard InChI is InChI=1S/C22H35NO4Si/c1-22(2,3)28(5,6)27-16-12-8-11-15-20(24)23-19(21(25)26-4)17-18-13-9-7-10-14-18/h7,9-11,13-15,19H,8,12,16-17H2,1-6H3,(H,23,24)/b15-11-/t19-/m1/s1. The molecular formula is C22H35NO4Si. The molecule has 0 aliphatic carbocycles. The van der Waals surface area contributed by atoms with Gasteiger partial charge in [0, 0.05) is 13.0 Å². The number of amides is 1. The monoisotopic (exact) mass is 405 g/mol. The fraction of sp³-hybridized carbons (Fsp3) is 0.545. The van der Waals surface area contributed by atoms with Gasteiger partial charge in [0.05, 0.1) is 7.11 Å². The lowest BCUT2D eigenvalue weighted by Crippen LogP contribution is -2.42. The topological polar surface area (TPSA) is 64.6 Å². The van der Waals surface area contributed by atoms with Crippen molar-refractivity contribution >= 4 is 20.2 Å². The van der Waals surface area contributed by atoms with Crippen molar-refractivity contribution in [3.05, 3.63) is 48.0 Å². The van der Waals surface area contributed by atoms with E-state index in [0.29, 0.717) is 13.0 Å². The van der Waals surface area contributed by atoms with Crippen LogP contribution in [0.4, 0.5) is 0 Å². The van der Waals surface area contributed by atoms with Crippen molar-refractivity contribution in [1.29, 1.82) is 0 Å². The average Bonchev–Trinajstić information content (AvgIpc) is 2.63.